The summed E-state index contributed by atoms with van der Waals surface area (Å²) in [4.78, 5) is 10.7. The van der Waals surface area contributed by atoms with Crippen molar-refractivity contribution >= 4 is 87.0 Å². The maximum absolute atomic E-state index is 6.46. The highest BCUT2D eigenvalue weighted by Gasteiger charge is 2.21. The zero-order chi connectivity index (χ0) is 31.3. The van der Waals surface area contributed by atoms with Crippen LogP contribution in [-0.4, -0.2) is 14.5 Å². The Bertz CT molecular complexity index is 3040. The first-order valence-electron chi connectivity index (χ1n) is 16.3. The van der Waals surface area contributed by atoms with Crippen molar-refractivity contribution in [3.05, 3.63) is 152 Å². The van der Waals surface area contributed by atoms with Gasteiger partial charge in [0.15, 0.2) is 0 Å². The predicted octanol–water partition coefficient (Wildman–Crippen LogP) is 11.8. The van der Waals surface area contributed by atoms with Crippen molar-refractivity contribution in [3.8, 4) is 17.2 Å². The van der Waals surface area contributed by atoms with E-state index in [1.807, 2.05) is 6.07 Å². The van der Waals surface area contributed by atoms with Crippen molar-refractivity contribution in [2.45, 2.75) is 0 Å². The quantitative estimate of drug-likeness (QED) is 0.195. The van der Waals surface area contributed by atoms with Crippen LogP contribution in [0.4, 0.5) is 0 Å². The second-order valence-corrected chi connectivity index (χ2v) is 12.6. The van der Waals surface area contributed by atoms with Gasteiger partial charge in [-0.25, -0.2) is 9.97 Å². The van der Waals surface area contributed by atoms with Crippen LogP contribution < -0.4 is 0 Å². The molecule has 0 atom stereocenters. The monoisotopic (exact) mass is 611 g/mol. The molecule has 48 heavy (non-hydrogen) atoms. The van der Waals surface area contributed by atoms with Gasteiger partial charge in [-0.05, 0) is 69.4 Å². The summed E-state index contributed by atoms with van der Waals surface area (Å²) < 4.78 is 8.70. The number of hydrogen-bond acceptors (Lipinski definition) is 3. The smallest absolute Gasteiger partial charge is 0.235 e. The fourth-order valence-electron chi connectivity index (χ4n) is 7.80. The van der Waals surface area contributed by atoms with E-state index in [4.69, 9.17) is 14.4 Å². The Morgan fingerprint density at radius 2 is 1.02 bits per heavy atom. The van der Waals surface area contributed by atoms with E-state index in [0.717, 1.165) is 60.5 Å². The van der Waals surface area contributed by atoms with Crippen LogP contribution in [0.1, 0.15) is 0 Å². The van der Waals surface area contributed by atoms with Crippen LogP contribution in [0.25, 0.3) is 104 Å². The molecular formula is C44H25N3O. The third-order valence-corrected chi connectivity index (χ3v) is 9.97. The third kappa shape index (κ3) is 3.49. The van der Waals surface area contributed by atoms with Gasteiger partial charge >= 0.3 is 0 Å². The fraction of sp³-hybridized carbons (Fsp3) is 0. The number of benzene rings is 8. The highest BCUT2D eigenvalue weighted by atomic mass is 16.3. The molecule has 3 heterocycles. The maximum atomic E-state index is 6.46. The standard InChI is InChI=1S/C44H25N3O/c1-4-12-30-26(9-1)18-22-37-40(30)41-31-13-5-2-10-27(31)19-23-38(41)47(37)44-45-36-16-8-7-15-34(36)42(46-44)29-20-24-39-35(25-29)33-21-17-28-11-3-6-14-32(28)43(33)48-39/h1-25H. The van der Waals surface area contributed by atoms with Crippen molar-refractivity contribution in [1.82, 2.24) is 14.5 Å². The van der Waals surface area contributed by atoms with Crippen LogP contribution in [-0.2, 0) is 0 Å². The first-order valence-corrected chi connectivity index (χ1v) is 16.3. The summed E-state index contributed by atoms with van der Waals surface area (Å²) >= 11 is 0. The van der Waals surface area contributed by atoms with Crippen LogP contribution in [0.15, 0.2) is 156 Å². The summed E-state index contributed by atoms with van der Waals surface area (Å²) in [7, 11) is 0. The van der Waals surface area contributed by atoms with Gasteiger partial charge in [-0.1, -0.05) is 109 Å². The molecule has 0 radical (unpaired) electrons. The first-order chi connectivity index (χ1) is 23.8. The lowest BCUT2D eigenvalue weighted by Crippen LogP contribution is -2.03. The van der Waals surface area contributed by atoms with Gasteiger partial charge in [0.05, 0.1) is 22.2 Å². The van der Waals surface area contributed by atoms with Crippen molar-refractivity contribution in [3.63, 3.8) is 0 Å². The number of nitrogens with zero attached hydrogens (tertiary/aromatic N) is 3. The van der Waals surface area contributed by atoms with Crippen LogP contribution in [0.2, 0.25) is 0 Å². The van der Waals surface area contributed by atoms with E-state index in [1.165, 1.54) is 37.7 Å². The summed E-state index contributed by atoms with van der Waals surface area (Å²) in [6, 6.07) is 53.6. The molecule has 0 aliphatic carbocycles. The normalized spacial score (nSPS) is 12.2. The van der Waals surface area contributed by atoms with E-state index in [2.05, 4.69) is 150 Å². The molecule has 222 valence electrons. The Morgan fingerprint density at radius 3 is 1.73 bits per heavy atom. The summed E-state index contributed by atoms with van der Waals surface area (Å²) in [6.45, 7) is 0. The van der Waals surface area contributed by atoms with Gasteiger partial charge in [0.25, 0.3) is 0 Å². The number of para-hydroxylation sites is 1. The molecule has 0 fully saturated rings. The van der Waals surface area contributed by atoms with Gasteiger partial charge in [0, 0.05) is 37.9 Å². The van der Waals surface area contributed by atoms with Crippen molar-refractivity contribution in [2.75, 3.05) is 0 Å². The molecule has 0 bridgehead atoms. The molecule has 0 aliphatic heterocycles. The van der Waals surface area contributed by atoms with Gasteiger partial charge in [0.2, 0.25) is 5.95 Å². The lowest BCUT2D eigenvalue weighted by molar-refractivity contribution is 0.672. The number of rotatable bonds is 2. The summed E-state index contributed by atoms with van der Waals surface area (Å²) in [6.07, 6.45) is 0. The summed E-state index contributed by atoms with van der Waals surface area (Å²) in [5, 5.41) is 12.8. The molecular weight excluding hydrogens is 587 g/mol. The van der Waals surface area contributed by atoms with Gasteiger partial charge < -0.3 is 4.42 Å². The molecule has 11 rings (SSSR count). The van der Waals surface area contributed by atoms with Gasteiger partial charge in [0.1, 0.15) is 11.2 Å². The van der Waals surface area contributed by atoms with E-state index in [0.29, 0.717) is 5.95 Å². The highest BCUT2D eigenvalue weighted by molar-refractivity contribution is 6.28. The van der Waals surface area contributed by atoms with Gasteiger partial charge in [-0.3, -0.25) is 4.57 Å². The van der Waals surface area contributed by atoms with Crippen molar-refractivity contribution in [2.24, 2.45) is 0 Å². The second kappa shape index (κ2) is 9.50. The van der Waals surface area contributed by atoms with E-state index >= 15 is 0 Å². The van der Waals surface area contributed by atoms with Gasteiger partial charge in [-0.2, -0.15) is 0 Å². The number of furan rings is 1. The van der Waals surface area contributed by atoms with E-state index < -0.39 is 0 Å². The van der Waals surface area contributed by atoms with Crippen LogP contribution in [0.5, 0.6) is 0 Å². The average Bonchev–Trinajstić information content (AvgIpc) is 3.70. The Balaban J connectivity index is 1.23. The van der Waals surface area contributed by atoms with Crippen molar-refractivity contribution in [1.29, 1.82) is 0 Å². The fourth-order valence-corrected chi connectivity index (χ4v) is 7.80. The third-order valence-electron chi connectivity index (χ3n) is 9.97. The highest BCUT2D eigenvalue weighted by Crippen LogP contribution is 2.41. The Hall–Kier alpha value is -6.52. The number of aromatic nitrogens is 3. The van der Waals surface area contributed by atoms with E-state index in [-0.39, 0.29) is 0 Å². The molecule has 4 heteroatoms. The molecule has 0 N–H and O–H groups in total. The second-order valence-electron chi connectivity index (χ2n) is 12.6. The van der Waals surface area contributed by atoms with Gasteiger partial charge in [-0.15, -0.1) is 0 Å². The minimum Gasteiger partial charge on any atom is -0.455 e. The molecule has 0 aliphatic rings. The SMILES string of the molecule is c1ccc2c(c1)ccc1c3cc(-c4nc(-n5c6ccc7ccccc7c6c6c7ccccc7ccc65)nc5ccccc45)ccc3oc21. The van der Waals surface area contributed by atoms with Crippen LogP contribution in [0, 0.1) is 0 Å². The zero-order valence-corrected chi connectivity index (χ0v) is 25.7. The number of fused-ring (bicyclic) bond motifs is 13. The van der Waals surface area contributed by atoms with Crippen molar-refractivity contribution < 1.29 is 4.42 Å². The Kier molecular flexibility index (Phi) is 5.08. The minimum atomic E-state index is 0.650. The number of hydrogen-bond donors (Lipinski definition) is 0. The van der Waals surface area contributed by atoms with Crippen LogP contribution >= 0.6 is 0 Å². The molecule has 4 nitrogen and oxygen atoms in total. The molecule has 0 amide bonds. The molecule has 3 aromatic heterocycles. The molecule has 8 aromatic carbocycles. The Morgan fingerprint density at radius 1 is 0.438 bits per heavy atom. The zero-order valence-electron chi connectivity index (χ0n) is 25.7. The molecule has 0 unspecified atom stereocenters. The minimum absolute atomic E-state index is 0.650. The average molecular weight is 612 g/mol. The molecule has 0 saturated carbocycles. The van der Waals surface area contributed by atoms with Crippen LogP contribution in [0.3, 0.4) is 0 Å². The molecule has 0 saturated heterocycles. The van der Waals surface area contributed by atoms with E-state index in [9.17, 15) is 0 Å². The molecule has 0 spiro atoms. The topological polar surface area (TPSA) is 43.9 Å². The summed E-state index contributed by atoms with van der Waals surface area (Å²) in [5.74, 6) is 0.650. The summed E-state index contributed by atoms with van der Waals surface area (Å²) in [5.41, 5.74) is 6.77. The predicted molar refractivity (Wildman–Crippen MR) is 199 cm³/mol. The first kappa shape index (κ1) is 25.6. The largest absolute Gasteiger partial charge is 0.455 e. The lowest BCUT2D eigenvalue weighted by Gasteiger charge is -2.12. The van der Waals surface area contributed by atoms with E-state index in [1.54, 1.807) is 0 Å². The Labute approximate surface area is 274 Å². The lowest BCUT2D eigenvalue weighted by atomic mass is 10.00. The maximum Gasteiger partial charge on any atom is 0.235 e. The molecule has 11 aromatic rings.